The van der Waals surface area contributed by atoms with Crippen molar-refractivity contribution in [3.8, 4) is 0 Å². The number of halogens is 1. The topological polar surface area (TPSA) is 37.3 Å². The van der Waals surface area contributed by atoms with Crippen molar-refractivity contribution >= 4 is 29.3 Å². The minimum absolute atomic E-state index is 0.332. The van der Waals surface area contributed by atoms with Crippen LogP contribution < -0.4 is 0 Å². The molecule has 2 rings (SSSR count). The van der Waals surface area contributed by atoms with Gasteiger partial charge in [0.2, 0.25) is 0 Å². The fourth-order valence-electron chi connectivity index (χ4n) is 1.59. The predicted octanol–water partition coefficient (Wildman–Crippen LogP) is 4.50. The Bertz CT molecular complexity index is 596. The van der Waals surface area contributed by atoms with E-state index in [0.29, 0.717) is 10.6 Å². The van der Waals surface area contributed by atoms with Gasteiger partial charge in [-0.25, -0.2) is 4.79 Å². The number of hydrogen-bond donors (Lipinski definition) is 1. The molecule has 0 unspecified atom stereocenters. The molecule has 0 atom stereocenters. The predicted molar refractivity (Wildman–Crippen MR) is 73.7 cm³/mol. The van der Waals surface area contributed by atoms with Crippen LogP contribution in [0.15, 0.2) is 52.3 Å². The molecule has 4 heteroatoms. The van der Waals surface area contributed by atoms with Crippen molar-refractivity contribution in [3.05, 3.63) is 58.6 Å². The zero-order valence-corrected chi connectivity index (χ0v) is 11.3. The molecule has 0 spiro atoms. The maximum atomic E-state index is 10.9. The van der Waals surface area contributed by atoms with E-state index in [1.807, 2.05) is 30.3 Å². The van der Waals surface area contributed by atoms with Crippen LogP contribution in [0, 0.1) is 6.92 Å². The highest BCUT2D eigenvalue weighted by Gasteiger charge is 2.08. The molecular formula is C14H11ClO2S. The van der Waals surface area contributed by atoms with Gasteiger partial charge in [-0.2, -0.15) is 0 Å². The summed E-state index contributed by atoms with van der Waals surface area (Å²) in [5, 5.41) is 9.66. The monoisotopic (exact) mass is 278 g/mol. The fourth-order valence-corrected chi connectivity index (χ4v) is 2.78. The maximum Gasteiger partial charge on any atom is 0.335 e. The molecule has 0 amide bonds. The quantitative estimate of drug-likeness (QED) is 0.898. The summed E-state index contributed by atoms with van der Waals surface area (Å²) in [5.41, 5.74) is 1.08. The third-order valence-corrected chi connectivity index (χ3v) is 4.00. The van der Waals surface area contributed by atoms with Crippen molar-refractivity contribution < 1.29 is 9.90 Å². The molecule has 18 heavy (non-hydrogen) atoms. The summed E-state index contributed by atoms with van der Waals surface area (Å²) in [7, 11) is 0. The lowest BCUT2D eigenvalue weighted by molar-refractivity contribution is 0.0696. The zero-order chi connectivity index (χ0) is 13.1. The van der Waals surface area contributed by atoms with Gasteiger partial charge in [0.1, 0.15) is 0 Å². The molecule has 0 radical (unpaired) electrons. The van der Waals surface area contributed by atoms with Gasteiger partial charge in [-0.3, -0.25) is 0 Å². The van der Waals surface area contributed by atoms with E-state index in [1.54, 1.807) is 19.1 Å². The highest BCUT2D eigenvalue weighted by molar-refractivity contribution is 7.99. The van der Waals surface area contributed by atoms with Crippen LogP contribution in [0.3, 0.4) is 0 Å². The number of aryl methyl sites for hydroxylation is 1. The molecule has 2 nitrogen and oxygen atoms in total. The van der Waals surface area contributed by atoms with Crippen molar-refractivity contribution in [2.24, 2.45) is 0 Å². The van der Waals surface area contributed by atoms with Crippen LogP contribution in [0.1, 0.15) is 15.9 Å². The van der Waals surface area contributed by atoms with E-state index >= 15 is 0 Å². The second-order valence-corrected chi connectivity index (χ2v) is 5.34. The number of carboxylic acid groups (broad SMARTS) is 1. The summed E-state index contributed by atoms with van der Waals surface area (Å²) in [6.45, 7) is 1.79. The van der Waals surface area contributed by atoms with E-state index in [0.717, 1.165) is 15.4 Å². The Morgan fingerprint density at radius 1 is 1.22 bits per heavy atom. The van der Waals surface area contributed by atoms with E-state index in [4.69, 9.17) is 16.7 Å². The van der Waals surface area contributed by atoms with Crippen LogP contribution >= 0.6 is 23.4 Å². The van der Waals surface area contributed by atoms with Gasteiger partial charge < -0.3 is 5.11 Å². The van der Waals surface area contributed by atoms with Gasteiger partial charge in [0.15, 0.2) is 0 Å². The van der Waals surface area contributed by atoms with Crippen LogP contribution in [0.2, 0.25) is 5.02 Å². The van der Waals surface area contributed by atoms with E-state index in [-0.39, 0.29) is 0 Å². The van der Waals surface area contributed by atoms with E-state index in [2.05, 4.69) is 0 Å². The Labute approximate surface area is 115 Å². The molecule has 2 aromatic carbocycles. The average molecular weight is 279 g/mol. The molecule has 0 aliphatic heterocycles. The second-order valence-electron chi connectivity index (χ2n) is 3.81. The molecule has 2 aromatic rings. The summed E-state index contributed by atoms with van der Waals surface area (Å²) < 4.78 is 0. The lowest BCUT2D eigenvalue weighted by Gasteiger charge is -2.06. The van der Waals surface area contributed by atoms with Crippen LogP contribution in [-0.2, 0) is 0 Å². The Hall–Kier alpha value is -1.45. The smallest absolute Gasteiger partial charge is 0.335 e. The number of hydrogen-bond acceptors (Lipinski definition) is 2. The first-order valence-electron chi connectivity index (χ1n) is 5.34. The molecule has 92 valence electrons. The van der Waals surface area contributed by atoms with Crippen molar-refractivity contribution in [3.63, 3.8) is 0 Å². The third-order valence-electron chi connectivity index (χ3n) is 2.49. The normalized spacial score (nSPS) is 10.3. The highest BCUT2D eigenvalue weighted by atomic mass is 35.5. The summed E-state index contributed by atoms with van der Waals surface area (Å²) >= 11 is 7.60. The molecule has 0 aromatic heterocycles. The minimum atomic E-state index is -0.901. The van der Waals surface area contributed by atoms with E-state index < -0.39 is 5.97 Å². The van der Waals surface area contributed by atoms with Crippen molar-refractivity contribution in [2.45, 2.75) is 16.7 Å². The first-order valence-corrected chi connectivity index (χ1v) is 6.53. The highest BCUT2D eigenvalue weighted by Crippen LogP contribution is 2.33. The summed E-state index contributed by atoms with van der Waals surface area (Å²) in [5.74, 6) is -0.901. The first kappa shape index (κ1) is 13.0. The van der Waals surface area contributed by atoms with Gasteiger partial charge in [-0.1, -0.05) is 35.5 Å². The number of carboxylic acids is 1. The average Bonchev–Trinajstić information content (AvgIpc) is 2.32. The van der Waals surface area contributed by atoms with Crippen molar-refractivity contribution in [2.75, 3.05) is 0 Å². The Kier molecular flexibility index (Phi) is 3.94. The lowest BCUT2D eigenvalue weighted by atomic mass is 10.1. The minimum Gasteiger partial charge on any atom is -0.478 e. The van der Waals surface area contributed by atoms with Gasteiger partial charge in [-0.05, 0) is 42.8 Å². The Morgan fingerprint density at radius 2 is 1.94 bits per heavy atom. The van der Waals surface area contributed by atoms with Gasteiger partial charge in [0.25, 0.3) is 0 Å². The van der Waals surface area contributed by atoms with Gasteiger partial charge in [0.05, 0.1) is 10.6 Å². The summed E-state index contributed by atoms with van der Waals surface area (Å²) in [4.78, 5) is 12.9. The largest absolute Gasteiger partial charge is 0.478 e. The molecule has 0 heterocycles. The zero-order valence-electron chi connectivity index (χ0n) is 9.68. The third kappa shape index (κ3) is 2.86. The molecule has 1 N–H and O–H groups in total. The van der Waals surface area contributed by atoms with Crippen LogP contribution in [-0.4, -0.2) is 11.1 Å². The van der Waals surface area contributed by atoms with E-state index in [9.17, 15) is 4.79 Å². The molecule has 0 saturated carbocycles. The number of carbonyl (C=O) groups is 1. The SMILES string of the molecule is Cc1cc(Sc2ccccc2Cl)ccc1C(=O)O. The summed E-state index contributed by atoms with van der Waals surface area (Å²) in [6.07, 6.45) is 0. The Balaban J connectivity index is 2.29. The fraction of sp³-hybridized carbons (Fsp3) is 0.0714. The van der Waals surface area contributed by atoms with Crippen LogP contribution in [0.5, 0.6) is 0 Å². The van der Waals surface area contributed by atoms with Crippen LogP contribution in [0.25, 0.3) is 0 Å². The number of aromatic carboxylic acids is 1. The second kappa shape index (κ2) is 5.46. The molecule has 0 aliphatic rings. The molecule has 0 saturated heterocycles. The molecule has 0 bridgehead atoms. The van der Waals surface area contributed by atoms with Gasteiger partial charge in [-0.15, -0.1) is 0 Å². The van der Waals surface area contributed by atoms with Crippen molar-refractivity contribution in [1.29, 1.82) is 0 Å². The number of benzene rings is 2. The molecule has 0 aliphatic carbocycles. The maximum absolute atomic E-state index is 10.9. The lowest BCUT2D eigenvalue weighted by Crippen LogP contribution is -1.99. The van der Waals surface area contributed by atoms with Gasteiger partial charge in [0, 0.05) is 9.79 Å². The van der Waals surface area contributed by atoms with E-state index in [1.165, 1.54) is 11.8 Å². The first-order chi connectivity index (χ1) is 8.58. The molecular weight excluding hydrogens is 268 g/mol. The van der Waals surface area contributed by atoms with Gasteiger partial charge >= 0.3 is 5.97 Å². The molecule has 0 fully saturated rings. The van der Waals surface area contributed by atoms with Crippen molar-refractivity contribution in [1.82, 2.24) is 0 Å². The standard InChI is InChI=1S/C14H11ClO2S/c1-9-8-10(6-7-11(9)14(16)17)18-13-5-3-2-4-12(13)15/h2-8H,1H3,(H,16,17). The Morgan fingerprint density at radius 3 is 2.56 bits per heavy atom. The summed E-state index contributed by atoms with van der Waals surface area (Å²) in [6, 6.07) is 12.9. The van der Waals surface area contributed by atoms with Crippen LogP contribution in [0.4, 0.5) is 0 Å². The number of rotatable bonds is 3.